The van der Waals surface area contributed by atoms with Gasteiger partial charge in [-0.15, -0.1) is 0 Å². The molecule has 0 saturated heterocycles. The van der Waals surface area contributed by atoms with E-state index in [2.05, 4.69) is 0 Å². The Kier molecular flexibility index (Phi) is 2.84. The highest BCUT2D eigenvalue weighted by Crippen LogP contribution is 2.14. The normalized spacial score (nSPS) is 9.69. The second-order valence-corrected chi connectivity index (χ2v) is 2.59. The molecule has 0 N–H and O–H groups in total. The summed E-state index contributed by atoms with van der Waals surface area (Å²) in [6.45, 7) is 3.14. The zero-order chi connectivity index (χ0) is 9.84. The first-order chi connectivity index (χ1) is 6.15. The maximum absolute atomic E-state index is 11.2. The van der Waals surface area contributed by atoms with Gasteiger partial charge in [0.25, 0.3) is 0 Å². The molecule has 70 valence electrons. The second-order valence-electron chi connectivity index (χ2n) is 2.59. The Morgan fingerprint density at radius 2 is 2.38 bits per heavy atom. The van der Waals surface area contributed by atoms with Crippen molar-refractivity contribution >= 4 is 5.97 Å². The number of aromatic nitrogens is 1. The van der Waals surface area contributed by atoms with E-state index in [1.165, 1.54) is 13.1 Å². The molecular weight excluding hydrogens is 170 g/mol. The lowest BCUT2D eigenvalue weighted by Gasteiger charge is -2.06. The van der Waals surface area contributed by atoms with E-state index in [1.54, 1.807) is 12.1 Å². The van der Waals surface area contributed by atoms with E-state index in [0.717, 1.165) is 0 Å². The van der Waals surface area contributed by atoms with Crippen LogP contribution >= 0.6 is 0 Å². The fourth-order valence-electron chi connectivity index (χ4n) is 1.08. The number of hydrogen-bond donors (Lipinski definition) is 0. The van der Waals surface area contributed by atoms with E-state index in [0.29, 0.717) is 22.6 Å². The number of ether oxygens (including phenoxy) is 1. The highest BCUT2D eigenvalue weighted by Gasteiger charge is 2.12. The average Bonchev–Trinajstić information content (AvgIpc) is 2.03. The third-order valence-electron chi connectivity index (χ3n) is 1.61. The first-order valence-corrected chi connectivity index (χ1v) is 4.04. The highest BCUT2D eigenvalue weighted by atomic mass is 16.5. The fourth-order valence-corrected chi connectivity index (χ4v) is 1.08. The Morgan fingerprint density at radius 1 is 1.69 bits per heavy atom. The van der Waals surface area contributed by atoms with Gasteiger partial charge in [0, 0.05) is 19.4 Å². The Morgan fingerprint density at radius 3 is 2.92 bits per heavy atom. The molecule has 1 rings (SSSR count). The third kappa shape index (κ3) is 2.18. The topological polar surface area (TPSA) is 53.2 Å². The maximum Gasteiger partial charge on any atom is 0.308 e. The quantitative estimate of drug-likeness (QED) is 0.385. The SMILES string of the molecule is CCc1c(OC(C)=O)ccc[n+]1[O-]. The molecule has 0 radical (unpaired) electrons. The summed E-state index contributed by atoms with van der Waals surface area (Å²) >= 11 is 0. The van der Waals surface area contributed by atoms with E-state index >= 15 is 0 Å². The van der Waals surface area contributed by atoms with E-state index in [4.69, 9.17) is 4.74 Å². The van der Waals surface area contributed by atoms with Crippen molar-refractivity contribution in [3.63, 3.8) is 0 Å². The van der Waals surface area contributed by atoms with Crippen molar-refractivity contribution < 1.29 is 14.3 Å². The van der Waals surface area contributed by atoms with Crippen LogP contribution in [0.1, 0.15) is 19.5 Å². The lowest BCUT2D eigenvalue weighted by Crippen LogP contribution is -2.31. The van der Waals surface area contributed by atoms with Crippen molar-refractivity contribution in [2.75, 3.05) is 0 Å². The van der Waals surface area contributed by atoms with Gasteiger partial charge in [0.15, 0.2) is 11.9 Å². The zero-order valence-electron chi connectivity index (χ0n) is 7.61. The van der Waals surface area contributed by atoms with Crippen LogP contribution in [-0.4, -0.2) is 5.97 Å². The fraction of sp³-hybridized carbons (Fsp3) is 0.333. The minimum absolute atomic E-state index is 0.340. The molecule has 1 aromatic heterocycles. The van der Waals surface area contributed by atoms with Crippen LogP contribution in [0, 0.1) is 5.21 Å². The summed E-state index contributed by atoms with van der Waals surface area (Å²) in [4.78, 5) is 10.7. The standard InChI is InChI=1S/C9H11NO3/c1-3-8-9(13-7(2)11)5-4-6-10(8)12/h4-6H,3H2,1-2H3. The van der Waals surface area contributed by atoms with Gasteiger partial charge in [-0.1, -0.05) is 6.92 Å². The van der Waals surface area contributed by atoms with Crippen LogP contribution in [0.25, 0.3) is 0 Å². The summed E-state index contributed by atoms with van der Waals surface area (Å²) in [5.74, 6) is -0.0756. The van der Waals surface area contributed by atoms with E-state index in [1.807, 2.05) is 6.92 Å². The van der Waals surface area contributed by atoms with E-state index in [9.17, 15) is 10.0 Å². The summed E-state index contributed by atoms with van der Waals surface area (Å²) in [6, 6.07) is 3.15. The molecule has 4 nitrogen and oxygen atoms in total. The Hall–Kier alpha value is -1.58. The van der Waals surface area contributed by atoms with Crippen LogP contribution in [0.3, 0.4) is 0 Å². The molecule has 0 unspecified atom stereocenters. The van der Waals surface area contributed by atoms with Crippen molar-refractivity contribution in [1.82, 2.24) is 0 Å². The smallest absolute Gasteiger partial charge is 0.308 e. The first kappa shape index (κ1) is 9.51. The van der Waals surface area contributed by atoms with Crippen LogP contribution in [0.2, 0.25) is 0 Å². The largest absolute Gasteiger partial charge is 0.618 e. The predicted molar refractivity (Wildman–Crippen MR) is 46.1 cm³/mol. The number of carbonyl (C=O) groups excluding carboxylic acids is 1. The van der Waals surface area contributed by atoms with Crippen LogP contribution in [0.5, 0.6) is 5.75 Å². The summed E-state index contributed by atoms with van der Waals surface area (Å²) in [5.41, 5.74) is 0.470. The zero-order valence-corrected chi connectivity index (χ0v) is 7.61. The van der Waals surface area contributed by atoms with Gasteiger partial charge in [0.1, 0.15) is 0 Å². The van der Waals surface area contributed by atoms with Crippen LogP contribution < -0.4 is 9.47 Å². The molecule has 0 bridgehead atoms. The van der Waals surface area contributed by atoms with Crippen molar-refractivity contribution in [3.8, 4) is 5.75 Å². The third-order valence-corrected chi connectivity index (χ3v) is 1.61. The molecule has 0 saturated carbocycles. The van der Waals surface area contributed by atoms with E-state index in [-0.39, 0.29) is 0 Å². The highest BCUT2D eigenvalue weighted by molar-refractivity contribution is 5.69. The maximum atomic E-state index is 11.2. The number of esters is 1. The number of pyridine rings is 1. The van der Waals surface area contributed by atoms with Crippen LogP contribution in [0.15, 0.2) is 18.3 Å². The van der Waals surface area contributed by atoms with Gasteiger partial charge >= 0.3 is 5.97 Å². The van der Waals surface area contributed by atoms with Crippen molar-refractivity contribution in [3.05, 3.63) is 29.2 Å². The lowest BCUT2D eigenvalue weighted by atomic mass is 10.2. The van der Waals surface area contributed by atoms with Gasteiger partial charge in [-0.25, -0.2) is 0 Å². The predicted octanol–water partition coefficient (Wildman–Crippen LogP) is 0.808. The molecule has 0 aliphatic heterocycles. The summed E-state index contributed by atoms with van der Waals surface area (Å²) in [5, 5.41) is 11.2. The molecule has 0 aliphatic carbocycles. The second kappa shape index (κ2) is 3.89. The molecule has 0 fully saturated rings. The number of hydrogen-bond acceptors (Lipinski definition) is 3. The summed E-state index contributed by atoms with van der Waals surface area (Å²) < 4.78 is 5.56. The van der Waals surface area contributed by atoms with Gasteiger partial charge in [0.05, 0.1) is 0 Å². The van der Waals surface area contributed by atoms with Crippen LogP contribution in [0.4, 0.5) is 0 Å². The average molecular weight is 181 g/mol. The van der Waals surface area contributed by atoms with Crippen molar-refractivity contribution in [2.24, 2.45) is 0 Å². The summed E-state index contributed by atoms with van der Waals surface area (Å²) in [6.07, 6.45) is 1.92. The first-order valence-electron chi connectivity index (χ1n) is 4.04. The minimum atomic E-state index is -0.416. The van der Waals surface area contributed by atoms with E-state index < -0.39 is 5.97 Å². The molecule has 0 aromatic carbocycles. The van der Waals surface area contributed by atoms with Gasteiger partial charge in [-0.3, -0.25) is 4.79 Å². The summed E-state index contributed by atoms with van der Waals surface area (Å²) in [7, 11) is 0. The van der Waals surface area contributed by atoms with Gasteiger partial charge in [-0.05, 0) is 6.07 Å². The molecule has 0 spiro atoms. The molecule has 1 aromatic rings. The monoisotopic (exact) mass is 181 g/mol. The molecular formula is C9H11NO3. The Bertz CT molecular complexity index is 323. The minimum Gasteiger partial charge on any atom is -0.618 e. The van der Waals surface area contributed by atoms with Crippen molar-refractivity contribution in [2.45, 2.75) is 20.3 Å². The van der Waals surface area contributed by atoms with Crippen LogP contribution in [-0.2, 0) is 11.2 Å². The van der Waals surface area contributed by atoms with Gasteiger partial charge < -0.3 is 9.94 Å². The molecule has 0 amide bonds. The molecule has 0 atom stereocenters. The molecule has 4 heteroatoms. The molecule has 13 heavy (non-hydrogen) atoms. The molecule has 1 heterocycles. The van der Waals surface area contributed by atoms with Gasteiger partial charge in [-0.2, -0.15) is 4.73 Å². The molecule has 0 aliphatic rings. The van der Waals surface area contributed by atoms with Gasteiger partial charge in [0.2, 0.25) is 5.69 Å². The number of carbonyl (C=O) groups is 1. The number of nitrogens with zero attached hydrogens (tertiary/aromatic N) is 1. The Labute approximate surface area is 76.3 Å². The Balaban J connectivity index is 3.05. The van der Waals surface area contributed by atoms with Crippen molar-refractivity contribution in [1.29, 1.82) is 0 Å². The number of rotatable bonds is 2. The lowest BCUT2D eigenvalue weighted by molar-refractivity contribution is -0.614.